The molecule has 2 aromatic carbocycles. The Balaban J connectivity index is 1.86. The van der Waals surface area contributed by atoms with Crippen LogP contribution in [0.1, 0.15) is 25.5 Å². The summed E-state index contributed by atoms with van der Waals surface area (Å²) in [5, 5.41) is 3.04. The lowest BCUT2D eigenvalue weighted by molar-refractivity contribution is -0.119. The molecule has 1 heterocycles. The second-order valence-corrected chi connectivity index (χ2v) is 6.35. The minimum Gasteiger partial charge on any atom is -0.494 e. The molecule has 0 spiro atoms. The number of benzene rings is 2. The van der Waals surface area contributed by atoms with Gasteiger partial charge in [-0.2, -0.15) is 0 Å². The molecule has 3 aromatic rings. The first-order chi connectivity index (χ1) is 13.7. The molecule has 0 saturated carbocycles. The highest BCUT2D eigenvalue weighted by Gasteiger charge is 2.22. The lowest BCUT2D eigenvalue weighted by Gasteiger charge is -2.20. The number of nitrogens with one attached hydrogen (secondary N) is 1. The molecule has 0 aliphatic heterocycles. The van der Waals surface area contributed by atoms with E-state index in [-0.39, 0.29) is 11.9 Å². The highest BCUT2D eigenvalue weighted by molar-refractivity contribution is 5.95. The first-order valence-corrected chi connectivity index (χ1v) is 9.58. The Morgan fingerprint density at radius 2 is 1.68 bits per heavy atom. The summed E-state index contributed by atoms with van der Waals surface area (Å²) in [7, 11) is 0. The molecular formula is C23H26N2O3. The minimum atomic E-state index is -0.373. The van der Waals surface area contributed by atoms with E-state index >= 15 is 0 Å². The van der Waals surface area contributed by atoms with E-state index in [1.165, 1.54) is 0 Å². The van der Waals surface area contributed by atoms with Crippen LogP contribution in [0, 0.1) is 0 Å². The van der Waals surface area contributed by atoms with Gasteiger partial charge in [-0.25, -0.2) is 0 Å². The second kappa shape index (κ2) is 9.65. The average Bonchev–Trinajstić information content (AvgIpc) is 3.23. The van der Waals surface area contributed by atoms with Crippen molar-refractivity contribution < 1.29 is 14.3 Å². The molecule has 3 rings (SSSR count). The van der Waals surface area contributed by atoms with Crippen molar-refractivity contribution in [2.45, 2.75) is 26.3 Å². The maximum Gasteiger partial charge on any atom is 0.247 e. The quantitative estimate of drug-likeness (QED) is 0.587. The average molecular weight is 378 g/mol. The van der Waals surface area contributed by atoms with E-state index in [0.717, 1.165) is 5.56 Å². The zero-order valence-corrected chi connectivity index (χ0v) is 16.3. The van der Waals surface area contributed by atoms with Crippen LogP contribution in [0.15, 0.2) is 73.1 Å². The van der Waals surface area contributed by atoms with Crippen LogP contribution in [0.2, 0.25) is 0 Å². The van der Waals surface area contributed by atoms with Crippen LogP contribution in [0.25, 0.3) is 0 Å². The minimum absolute atomic E-state index is 0.102. The van der Waals surface area contributed by atoms with Crippen LogP contribution in [0.4, 0.5) is 5.69 Å². The predicted molar refractivity (Wildman–Crippen MR) is 111 cm³/mol. The smallest absolute Gasteiger partial charge is 0.247 e. The molecule has 1 N–H and O–H groups in total. The van der Waals surface area contributed by atoms with Gasteiger partial charge in [0.05, 0.1) is 18.9 Å². The molecule has 0 aliphatic carbocycles. The molecule has 0 aliphatic rings. The van der Waals surface area contributed by atoms with Gasteiger partial charge in [-0.15, -0.1) is 0 Å². The molecule has 1 amide bonds. The number of rotatable bonds is 9. The summed E-state index contributed by atoms with van der Waals surface area (Å²) in [6.45, 7) is 4.92. The Hall–Kier alpha value is -3.21. The maximum absolute atomic E-state index is 13.2. The fourth-order valence-electron chi connectivity index (χ4n) is 3.09. The normalized spacial score (nSPS) is 11.6. The molecular weight excluding hydrogens is 352 g/mol. The van der Waals surface area contributed by atoms with Crippen LogP contribution >= 0.6 is 0 Å². The summed E-state index contributed by atoms with van der Waals surface area (Å²) >= 11 is 0. The molecule has 0 radical (unpaired) electrons. The molecule has 5 nitrogen and oxygen atoms in total. The van der Waals surface area contributed by atoms with Crippen LogP contribution < -0.4 is 14.8 Å². The van der Waals surface area contributed by atoms with Crippen LogP contribution in [0.3, 0.4) is 0 Å². The van der Waals surface area contributed by atoms with Crippen molar-refractivity contribution in [1.29, 1.82) is 0 Å². The van der Waals surface area contributed by atoms with Gasteiger partial charge < -0.3 is 19.4 Å². The van der Waals surface area contributed by atoms with Gasteiger partial charge in [0.2, 0.25) is 5.91 Å². The lowest BCUT2D eigenvalue weighted by atomic mass is 10.0. The Kier molecular flexibility index (Phi) is 6.73. The monoisotopic (exact) mass is 378 g/mol. The molecule has 0 bridgehead atoms. The van der Waals surface area contributed by atoms with Gasteiger partial charge in [-0.1, -0.05) is 30.3 Å². The SMILES string of the molecule is CCOc1ccc(OCC)c(NC(=O)C(Cc2ccccc2)n2cccc2)c1. The van der Waals surface area contributed by atoms with Gasteiger partial charge in [-0.05, 0) is 43.7 Å². The van der Waals surface area contributed by atoms with Crippen molar-refractivity contribution in [3.05, 3.63) is 78.6 Å². The second-order valence-electron chi connectivity index (χ2n) is 6.35. The molecule has 0 saturated heterocycles. The number of ether oxygens (including phenoxy) is 2. The Bertz CT molecular complexity index is 876. The van der Waals surface area contributed by atoms with E-state index in [1.54, 1.807) is 0 Å². The lowest BCUT2D eigenvalue weighted by Crippen LogP contribution is -2.27. The highest BCUT2D eigenvalue weighted by atomic mass is 16.5. The standard InChI is InChI=1S/C23H26N2O3/c1-3-27-19-12-13-22(28-4-2)20(17-19)24-23(26)21(25-14-8-9-15-25)16-18-10-6-5-7-11-18/h5-15,17,21H,3-4,16H2,1-2H3,(H,24,26). The number of nitrogens with zero attached hydrogens (tertiary/aromatic N) is 1. The highest BCUT2D eigenvalue weighted by Crippen LogP contribution is 2.30. The third kappa shape index (κ3) is 4.94. The van der Waals surface area contributed by atoms with Crippen LogP contribution in [0.5, 0.6) is 11.5 Å². The van der Waals surface area contributed by atoms with Gasteiger partial charge >= 0.3 is 0 Å². The fraction of sp³-hybridized carbons (Fsp3) is 0.261. The van der Waals surface area contributed by atoms with E-state index in [0.29, 0.717) is 36.8 Å². The summed E-state index contributed by atoms with van der Waals surface area (Å²) in [5.41, 5.74) is 1.72. The van der Waals surface area contributed by atoms with Crippen molar-refractivity contribution in [3.8, 4) is 11.5 Å². The number of hydrogen-bond acceptors (Lipinski definition) is 3. The van der Waals surface area contributed by atoms with E-state index in [1.807, 2.05) is 91.5 Å². The largest absolute Gasteiger partial charge is 0.494 e. The number of carbonyl (C=O) groups excluding carboxylic acids is 1. The Morgan fingerprint density at radius 3 is 2.36 bits per heavy atom. The zero-order valence-electron chi connectivity index (χ0n) is 16.3. The third-order valence-corrected chi connectivity index (χ3v) is 4.38. The van der Waals surface area contributed by atoms with Crippen LogP contribution in [-0.4, -0.2) is 23.7 Å². The summed E-state index contributed by atoms with van der Waals surface area (Å²) in [6, 6.07) is 19.0. The summed E-state index contributed by atoms with van der Waals surface area (Å²) < 4.78 is 13.2. The fourth-order valence-corrected chi connectivity index (χ4v) is 3.09. The summed E-state index contributed by atoms with van der Waals surface area (Å²) in [5.74, 6) is 1.22. The number of aromatic nitrogens is 1. The predicted octanol–water partition coefficient (Wildman–Crippen LogP) is 4.71. The molecule has 1 unspecified atom stereocenters. The molecule has 1 aromatic heterocycles. The van der Waals surface area contributed by atoms with Crippen molar-refractivity contribution in [3.63, 3.8) is 0 Å². The van der Waals surface area contributed by atoms with Gasteiger partial charge in [0.1, 0.15) is 17.5 Å². The summed E-state index contributed by atoms with van der Waals surface area (Å²) in [6.07, 6.45) is 4.41. The first-order valence-electron chi connectivity index (χ1n) is 9.58. The number of hydrogen-bond donors (Lipinski definition) is 1. The molecule has 1 atom stereocenters. The topological polar surface area (TPSA) is 52.5 Å². The molecule has 28 heavy (non-hydrogen) atoms. The van der Waals surface area contributed by atoms with Crippen molar-refractivity contribution in [2.24, 2.45) is 0 Å². The van der Waals surface area contributed by atoms with Crippen molar-refractivity contribution in [1.82, 2.24) is 4.57 Å². The van der Waals surface area contributed by atoms with E-state index in [2.05, 4.69) is 5.32 Å². The van der Waals surface area contributed by atoms with Crippen molar-refractivity contribution in [2.75, 3.05) is 18.5 Å². The Labute approximate surface area is 165 Å². The molecule has 146 valence electrons. The third-order valence-electron chi connectivity index (χ3n) is 4.38. The van der Waals surface area contributed by atoms with Gasteiger partial charge in [0.25, 0.3) is 0 Å². The van der Waals surface area contributed by atoms with Crippen molar-refractivity contribution >= 4 is 11.6 Å². The van der Waals surface area contributed by atoms with Gasteiger partial charge in [0, 0.05) is 24.9 Å². The van der Waals surface area contributed by atoms with Gasteiger partial charge in [-0.3, -0.25) is 4.79 Å². The first kappa shape index (κ1) is 19.5. The zero-order chi connectivity index (χ0) is 19.8. The van der Waals surface area contributed by atoms with E-state index < -0.39 is 0 Å². The molecule has 5 heteroatoms. The molecule has 0 fully saturated rings. The van der Waals surface area contributed by atoms with Gasteiger partial charge in [0.15, 0.2) is 0 Å². The number of anilines is 1. The van der Waals surface area contributed by atoms with Crippen LogP contribution in [-0.2, 0) is 11.2 Å². The Morgan fingerprint density at radius 1 is 0.964 bits per heavy atom. The maximum atomic E-state index is 13.2. The van der Waals surface area contributed by atoms with E-state index in [9.17, 15) is 4.79 Å². The number of amides is 1. The summed E-state index contributed by atoms with van der Waals surface area (Å²) in [4.78, 5) is 13.2. The van der Waals surface area contributed by atoms with E-state index in [4.69, 9.17) is 9.47 Å². The number of carbonyl (C=O) groups is 1.